The van der Waals surface area contributed by atoms with Gasteiger partial charge in [-0.1, -0.05) is 42.5 Å². The highest BCUT2D eigenvalue weighted by Crippen LogP contribution is 2.28. The van der Waals surface area contributed by atoms with Gasteiger partial charge >= 0.3 is 0 Å². The Morgan fingerprint density at radius 2 is 1.56 bits per heavy atom. The summed E-state index contributed by atoms with van der Waals surface area (Å²) in [6.45, 7) is 1.14. The Labute approximate surface area is 185 Å². The number of para-hydroxylation sites is 1. The Hall–Kier alpha value is -3.47. The van der Waals surface area contributed by atoms with E-state index in [2.05, 4.69) is 22.8 Å². The molecule has 3 aromatic carbocycles. The second-order valence-electron chi connectivity index (χ2n) is 8.45. The smallest absolute Gasteiger partial charge is 0.227 e. The van der Waals surface area contributed by atoms with Gasteiger partial charge in [-0.15, -0.1) is 0 Å². The van der Waals surface area contributed by atoms with Crippen molar-refractivity contribution in [2.45, 2.75) is 38.4 Å². The quantitative estimate of drug-likeness (QED) is 0.410. The first kappa shape index (κ1) is 20.4. The molecule has 1 aliphatic heterocycles. The molecule has 0 fully saturated rings. The van der Waals surface area contributed by atoms with Crippen LogP contribution in [-0.2, 0) is 30.7 Å². The number of halogens is 2. The van der Waals surface area contributed by atoms with Crippen LogP contribution in [-0.4, -0.2) is 21.4 Å². The second-order valence-corrected chi connectivity index (χ2v) is 8.45. The van der Waals surface area contributed by atoms with Crippen LogP contribution in [0.25, 0.3) is 10.9 Å². The summed E-state index contributed by atoms with van der Waals surface area (Å²) in [6, 6.07) is 23.0. The summed E-state index contributed by atoms with van der Waals surface area (Å²) in [5.41, 5.74) is 4.14. The lowest BCUT2D eigenvalue weighted by atomic mass is 10.0. The van der Waals surface area contributed by atoms with Crippen molar-refractivity contribution >= 4 is 16.8 Å². The highest BCUT2D eigenvalue weighted by Gasteiger charge is 2.29. The molecule has 0 saturated heterocycles. The molecule has 1 aliphatic rings. The van der Waals surface area contributed by atoms with Crippen LogP contribution < -0.4 is 0 Å². The average molecular weight is 430 g/mol. The number of aryl methyl sites for hydroxylation is 1. The van der Waals surface area contributed by atoms with E-state index in [1.54, 1.807) is 24.3 Å². The van der Waals surface area contributed by atoms with E-state index in [0.29, 0.717) is 6.54 Å². The summed E-state index contributed by atoms with van der Waals surface area (Å²) in [5, 5.41) is 1.21. The van der Waals surface area contributed by atoms with E-state index in [1.807, 2.05) is 17.0 Å². The molecule has 0 saturated carbocycles. The van der Waals surface area contributed by atoms with E-state index in [-0.39, 0.29) is 30.0 Å². The molecule has 0 aliphatic carbocycles. The normalized spacial score (nSPS) is 15.5. The van der Waals surface area contributed by atoms with Crippen LogP contribution in [0.15, 0.2) is 78.9 Å². The molecule has 1 aromatic heterocycles. The second kappa shape index (κ2) is 8.58. The van der Waals surface area contributed by atoms with Crippen LogP contribution in [0.4, 0.5) is 8.78 Å². The van der Waals surface area contributed by atoms with E-state index in [4.69, 9.17) is 0 Å². The first-order chi connectivity index (χ1) is 15.6. The third-order valence-electron chi connectivity index (χ3n) is 6.32. The first-order valence-corrected chi connectivity index (χ1v) is 10.9. The van der Waals surface area contributed by atoms with Crippen molar-refractivity contribution < 1.29 is 13.6 Å². The number of nitrogens with zero attached hydrogens (tertiary/aromatic N) is 2. The number of hydrogen-bond donors (Lipinski definition) is 0. The van der Waals surface area contributed by atoms with Crippen molar-refractivity contribution in [2.75, 3.05) is 0 Å². The molecule has 2 heterocycles. The lowest BCUT2D eigenvalue weighted by molar-refractivity contribution is -0.134. The van der Waals surface area contributed by atoms with Gasteiger partial charge < -0.3 is 9.47 Å². The number of hydrogen-bond acceptors (Lipinski definition) is 1. The SMILES string of the molecule is O=C(Cc1ccc(F)cc1)N(Cc1ccc(F)cc1)[C@@H]1CCc2cc3ccccc3n2C1. The summed E-state index contributed by atoms with van der Waals surface area (Å²) < 4.78 is 29.0. The molecule has 4 aromatic rings. The zero-order valence-electron chi connectivity index (χ0n) is 17.7. The zero-order valence-corrected chi connectivity index (χ0v) is 17.7. The van der Waals surface area contributed by atoms with Crippen molar-refractivity contribution in [1.82, 2.24) is 9.47 Å². The molecule has 0 spiro atoms. The van der Waals surface area contributed by atoms with Crippen molar-refractivity contribution in [3.05, 3.63) is 107 Å². The molecule has 0 bridgehead atoms. The third-order valence-corrected chi connectivity index (χ3v) is 6.32. The number of rotatable bonds is 5. The van der Waals surface area contributed by atoms with Gasteiger partial charge in [-0.05, 0) is 65.8 Å². The van der Waals surface area contributed by atoms with Gasteiger partial charge in [-0.3, -0.25) is 4.79 Å². The Morgan fingerprint density at radius 3 is 2.28 bits per heavy atom. The summed E-state index contributed by atoms with van der Waals surface area (Å²) in [7, 11) is 0. The van der Waals surface area contributed by atoms with E-state index < -0.39 is 0 Å². The van der Waals surface area contributed by atoms with Crippen molar-refractivity contribution in [3.63, 3.8) is 0 Å². The number of benzene rings is 3. The van der Waals surface area contributed by atoms with Crippen LogP contribution in [0.5, 0.6) is 0 Å². The predicted octanol–water partition coefficient (Wildman–Crippen LogP) is 5.51. The number of carbonyl (C=O) groups excluding carboxylic acids is 1. The highest BCUT2D eigenvalue weighted by molar-refractivity contribution is 5.82. The van der Waals surface area contributed by atoms with Gasteiger partial charge in [-0.2, -0.15) is 0 Å². The molecular formula is C27H24F2N2O. The summed E-state index contributed by atoms with van der Waals surface area (Å²) in [5.74, 6) is -0.617. The molecule has 0 radical (unpaired) electrons. The van der Waals surface area contributed by atoms with Crippen LogP contribution in [0.1, 0.15) is 23.2 Å². The lowest BCUT2D eigenvalue weighted by Crippen LogP contribution is -2.45. The zero-order chi connectivity index (χ0) is 22.1. The Morgan fingerprint density at radius 1 is 0.906 bits per heavy atom. The maximum Gasteiger partial charge on any atom is 0.227 e. The monoisotopic (exact) mass is 430 g/mol. The van der Waals surface area contributed by atoms with Crippen molar-refractivity contribution in [2.24, 2.45) is 0 Å². The summed E-state index contributed by atoms with van der Waals surface area (Å²) in [6.07, 6.45) is 1.97. The van der Waals surface area contributed by atoms with E-state index >= 15 is 0 Å². The van der Waals surface area contributed by atoms with Gasteiger partial charge in [0, 0.05) is 24.3 Å². The van der Waals surface area contributed by atoms with Gasteiger partial charge in [0.25, 0.3) is 0 Å². The molecule has 0 N–H and O–H groups in total. The molecule has 0 unspecified atom stereocenters. The minimum Gasteiger partial charge on any atom is -0.343 e. The van der Waals surface area contributed by atoms with E-state index in [0.717, 1.165) is 30.5 Å². The number of fused-ring (bicyclic) bond motifs is 3. The average Bonchev–Trinajstić information content (AvgIpc) is 3.18. The van der Waals surface area contributed by atoms with Crippen LogP contribution in [0, 0.1) is 11.6 Å². The first-order valence-electron chi connectivity index (χ1n) is 10.9. The Balaban J connectivity index is 1.44. The molecule has 3 nitrogen and oxygen atoms in total. The fourth-order valence-corrected chi connectivity index (χ4v) is 4.65. The molecule has 1 amide bonds. The highest BCUT2D eigenvalue weighted by atomic mass is 19.1. The van der Waals surface area contributed by atoms with Gasteiger partial charge in [-0.25, -0.2) is 8.78 Å². The van der Waals surface area contributed by atoms with Crippen molar-refractivity contribution in [3.8, 4) is 0 Å². The molecular weight excluding hydrogens is 406 g/mol. The maximum atomic E-state index is 13.4. The molecule has 162 valence electrons. The third kappa shape index (κ3) is 4.15. The summed E-state index contributed by atoms with van der Waals surface area (Å²) >= 11 is 0. The summed E-state index contributed by atoms with van der Waals surface area (Å²) in [4.78, 5) is 15.3. The topological polar surface area (TPSA) is 25.2 Å². The number of amides is 1. The predicted molar refractivity (Wildman–Crippen MR) is 121 cm³/mol. The van der Waals surface area contributed by atoms with Gasteiger partial charge in [0.15, 0.2) is 0 Å². The van der Waals surface area contributed by atoms with Crippen LogP contribution >= 0.6 is 0 Å². The fourth-order valence-electron chi connectivity index (χ4n) is 4.65. The van der Waals surface area contributed by atoms with E-state index in [9.17, 15) is 13.6 Å². The van der Waals surface area contributed by atoms with Gasteiger partial charge in [0.1, 0.15) is 11.6 Å². The molecule has 32 heavy (non-hydrogen) atoms. The standard InChI is InChI=1S/C27H24F2N2O/c28-22-9-5-19(6-10-22)15-27(32)31(17-20-7-11-23(29)12-8-20)25-14-13-24-16-21-3-1-2-4-26(21)30(24)18-25/h1-12,16,25H,13-15,17-18H2/t25-/m1/s1. The number of carbonyl (C=O) groups is 1. The lowest BCUT2D eigenvalue weighted by Gasteiger charge is -2.36. The Bertz CT molecular complexity index is 1250. The van der Waals surface area contributed by atoms with Crippen LogP contribution in [0.3, 0.4) is 0 Å². The molecule has 1 atom stereocenters. The minimum absolute atomic E-state index is 0.00848. The van der Waals surface area contributed by atoms with Gasteiger partial charge in [0.2, 0.25) is 5.91 Å². The van der Waals surface area contributed by atoms with E-state index in [1.165, 1.54) is 40.9 Å². The fraction of sp³-hybridized carbons (Fsp3) is 0.222. The number of aromatic nitrogens is 1. The largest absolute Gasteiger partial charge is 0.343 e. The van der Waals surface area contributed by atoms with Gasteiger partial charge in [0.05, 0.1) is 12.5 Å². The molecule has 5 heteroatoms. The molecule has 5 rings (SSSR count). The van der Waals surface area contributed by atoms with Crippen molar-refractivity contribution in [1.29, 1.82) is 0 Å². The minimum atomic E-state index is -0.316. The Kier molecular flexibility index (Phi) is 5.48. The maximum absolute atomic E-state index is 13.4. The van der Waals surface area contributed by atoms with Crippen LogP contribution in [0.2, 0.25) is 0 Å².